The van der Waals surface area contributed by atoms with Crippen molar-refractivity contribution in [3.63, 3.8) is 0 Å². The third-order valence-electron chi connectivity index (χ3n) is 2.79. The number of ether oxygens (including phenoxy) is 1. The third kappa shape index (κ3) is 3.14. The van der Waals surface area contributed by atoms with E-state index in [0.29, 0.717) is 5.56 Å². The fraction of sp³-hybridized carbons (Fsp3) is 0.143. The largest absolute Gasteiger partial charge is 0.444 e. The lowest BCUT2D eigenvalue weighted by Gasteiger charge is -2.10. The van der Waals surface area contributed by atoms with Crippen LogP contribution in [0, 0.1) is 21.7 Å². The van der Waals surface area contributed by atoms with Gasteiger partial charge in [-0.2, -0.15) is 0 Å². The molecule has 0 heterocycles. The summed E-state index contributed by atoms with van der Waals surface area (Å²) in [6.07, 6.45) is -0.878. The molecule has 0 spiro atoms. The molecule has 0 aliphatic rings. The van der Waals surface area contributed by atoms with E-state index in [0.717, 1.165) is 24.3 Å². The van der Waals surface area contributed by atoms with Gasteiger partial charge in [-0.3, -0.25) is 10.1 Å². The summed E-state index contributed by atoms with van der Waals surface area (Å²) in [5, 5.41) is 20.2. The van der Waals surface area contributed by atoms with E-state index in [9.17, 15) is 24.0 Å². The van der Waals surface area contributed by atoms with Crippen molar-refractivity contribution < 1.29 is 23.5 Å². The molecule has 2 rings (SSSR count). The monoisotopic (exact) mass is 295 g/mol. The van der Waals surface area contributed by atoms with Crippen molar-refractivity contribution in [2.24, 2.45) is 0 Å². The van der Waals surface area contributed by atoms with Gasteiger partial charge in [-0.25, -0.2) is 8.78 Å². The number of aliphatic hydroxyl groups excluding tert-OH is 1. The van der Waals surface area contributed by atoms with E-state index in [4.69, 9.17) is 4.74 Å². The van der Waals surface area contributed by atoms with Crippen LogP contribution in [0.2, 0.25) is 0 Å². The highest BCUT2D eigenvalue weighted by Crippen LogP contribution is 2.35. The van der Waals surface area contributed by atoms with Crippen LogP contribution >= 0.6 is 0 Å². The summed E-state index contributed by atoms with van der Waals surface area (Å²) >= 11 is 0. The molecule has 0 radical (unpaired) electrons. The molecule has 0 unspecified atom stereocenters. The summed E-state index contributed by atoms with van der Waals surface area (Å²) in [4.78, 5) is 10.0. The molecule has 1 atom stereocenters. The molecule has 0 amide bonds. The molecule has 7 heteroatoms. The molecule has 0 saturated heterocycles. The number of hydrogen-bond acceptors (Lipinski definition) is 4. The Bertz CT molecular complexity index is 689. The SMILES string of the molecule is C[C@@H](O)c1ccc(Oc2c(F)cccc2[N+](=O)[O-])c(F)c1. The lowest BCUT2D eigenvalue weighted by Crippen LogP contribution is -1.98. The van der Waals surface area contributed by atoms with Gasteiger partial charge in [-0.15, -0.1) is 0 Å². The average Bonchev–Trinajstić information content (AvgIpc) is 2.42. The first kappa shape index (κ1) is 14.9. The predicted molar refractivity (Wildman–Crippen MR) is 70.2 cm³/mol. The number of para-hydroxylation sites is 1. The van der Waals surface area contributed by atoms with E-state index in [2.05, 4.69) is 0 Å². The number of rotatable bonds is 4. The van der Waals surface area contributed by atoms with E-state index in [-0.39, 0.29) is 5.75 Å². The van der Waals surface area contributed by atoms with Crippen LogP contribution in [0.15, 0.2) is 36.4 Å². The first-order valence-corrected chi connectivity index (χ1v) is 5.98. The first-order valence-electron chi connectivity index (χ1n) is 5.98. The van der Waals surface area contributed by atoms with Crippen molar-refractivity contribution in [1.82, 2.24) is 0 Å². The van der Waals surface area contributed by atoms with E-state index in [1.165, 1.54) is 19.1 Å². The highest BCUT2D eigenvalue weighted by molar-refractivity contribution is 5.49. The average molecular weight is 295 g/mol. The summed E-state index contributed by atoms with van der Waals surface area (Å²) in [5.74, 6) is -2.85. The lowest BCUT2D eigenvalue weighted by atomic mass is 10.1. The molecule has 2 aromatic carbocycles. The molecular formula is C14H11F2NO4. The number of benzene rings is 2. The van der Waals surface area contributed by atoms with Crippen LogP contribution in [0.4, 0.5) is 14.5 Å². The predicted octanol–water partition coefficient (Wildman–Crippen LogP) is 3.72. The van der Waals surface area contributed by atoms with Crippen molar-refractivity contribution in [3.05, 3.63) is 63.7 Å². The summed E-state index contributed by atoms with van der Waals surface area (Å²) in [6.45, 7) is 1.46. The molecular weight excluding hydrogens is 284 g/mol. The van der Waals surface area contributed by atoms with Crippen LogP contribution in [0.5, 0.6) is 11.5 Å². The van der Waals surface area contributed by atoms with Crippen molar-refractivity contribution in [1.29, 1.82) is 0 Å². The van der Waals surface area contributed by atoms with Crippen molar-refractivity contribution in [3.8, 4) is 11.5 Å². The Morgan fingerprint density at radius 3 is 2.52 bits per heavy atom. The fourth-order valence-electron chi connectivity index (χ4n) is 1.71. The van der Waals surface area contributed by atoms with Crippen LogP contribution in [0.1, 0.15) is 18.6 Å². The van der Waals surface area contributed by atoms with Gasteiger partial charge in [0.05, 0.1) is 11.0 Å². The topological polar surface area (TPSA) is 72.6 Å². The van der Waals surface area contributed by atoms with E-state index in [1.807, 2.05) is 0 Å². The maximum Gasteiger partial charge on any atom is 0.314 e. The molecule has 0 aliphatic heterocycles. The smallest absolute Gasteiger partial charge is 0.314 e. The van der Waals surface area contributed by atoms with E-state index < -0.39 is 34.1 Å². The number of aliphatic hydroxyl groups is 1. The zero-order valence-corrected chi connectivity index (χ0v) is 10.9. The van der Waals surface area contributed by atoms with Crippen molar-refractivity contribution >= 4 is 5.69 Å². The number of nitrogens with zero attached hydrogens (tertiary/aromatic N) is 1. The Morgan fingerprint density at radius 2 is 1.95 bits per heavy atom. The Morgan fingerprint density at radius 1 is 1.24 bits per heavy atom. The second-order valence-corrected chi connectivity index (χ2v) is 4.31. The van der Waals surface area contributed by atoms with Crippen LogP contribution in [-0.2, 0) is 0 Å². The molecule has 5 nitrogen and oxygen atoms in total. The standard InChI is InChI=1S/C14H11F2NO4/c1-8(18)9-5-6-13(11(16)7-9)21-14-10(15)3-2-4-12(14)17(19)20/h2-8,18H,1H3/t8-/m1/s1. The van der Waals surface area contributed by atoms with Gasteiger partial charge in [0, 0.05) is 6.07 Å². The highest BCUT2D eigenvalue weighted by atomic mass is 19.1. The molecule has 21 heavy (non-hydrogen) atoms. The molecule has 1 N–H and O–H groups in total. The lowest BCUT2D eigenvalue weighted by molar-refractivity contribution is -0.385. The van der Waals surface area contributed by atoms with Gasteiger partial charge in [-0.05, 0) is 30.7 Å². The van der Waals surface area contributed by atoms with E-state index >= 15 is 0 Å². The maximum absolute atomic E-state index is 13.8. The summed E-state index contributed by atoms with van der Waals surface area (Å²) in [7, 11) is 0. The number of nitro benzene ring substituents is 1. The Labute approximate surface area is 118 Å². The second-order valence-electron chi connectivity index (χ2n) is 4.31. The maximum atomic E-state index is 13.8. The van der Waals surface area contributed by atoms with Gasteiger partial charge in [0.25, 0.3) is 0 Å². The number of halogens is 2. The van der Waals surface area contributed by atoms with Gasteiger partial charge in [0.15, 0.2) is 17.4 Å². The molecule has 110 valence electrons. The van der Waals surface area contributed by atoms with Crippen LogP contribution in [0.25, 0.3) is 0 Å². The molecule has 0 fully saturated rings. The van der Waals surface area contributed by atoms with Gasteiger partial charge in [-0.1, -0.05) is 12.1 Å². The second kappa shape index (κ2) is 5.84. The summed E-state index contributed by atoms with van der Waals surface area (Å²) in [6, 6.07) is 6.77. The Balaban J connectivity index is 2.41. The third-order valence-corrected chi connectivity index (χ3v) is 2.79. The van der Waals surface area contributed by atoms with Crippen molar-refractivity contribution in [2.45, 2.75) is 13.0 Å². The van der Waals surface area contributed by atoms with Gasteiger partial charge >= 0.3 is 5.69 Å². The van der Waals surface area contributed by atoms with Gasteiger partial charge in [0.1, 0.15) is 0 Å². The van der Waals surface area contributed by atoms with E-state index in [1.54, 1.807) is 0 Å². The minimum Gasteiger partial charge on any atom is -0.444 e. The molecule has 0 aliphatic carbocycles. The van der Waals surface area contributed by atoms with Crippen molar-refractivity contribution in [2.75, 3.05) is 0 Å². The molecule has 2 aromatic rings. The zero-order chi connectivity index (χ0) is 15.6. The Hall–Kier alpha value is -2.54. The molecule has 0 saturated carbocycles. The molecule has 0 bridgehead atoms. The highest BCUT2D eigenvalue weighted by Gasteiger charge is 2.21. The minimum atomic E-state index is -0.969. The van der Waals surface area contributed by atoms with Crippen LogP contribution in [-0.4, -0.2) is 10.0 Å². The zero-order valence-electron chi connectivity index (χ0n) is 10.9. The normalized spacial score (nSPS) is 12.0. The van der Waals surface area contributed by atoms with Gasteiger partial charge in [0.2, 0.25) is 5.75 Å². The summed E-state index contributed by atoms with van der Waals surface area (Å²) < 4.78 is 32.5. The first-order chi connectivity index (χ1) is 9.90. The summed E-state index contributed by atoms with van der Waals surface area (Å²) in [5.41, 5.74) is -0.295. The quantitative estimate of drug-likeness (QED) is 0.689. The fourth-order valence-corrected chi connectivity index (χ4v) is 1.71. The Kier molecular flexibility index (Phi) is 4.13. The minimum absolute atomic E-state index is 0.308. The van der Waals surface area contributed by atoms with Crippen LogP contribution < -0.4 is 4.74 Å². The van der Waals surface area contributed by atoms with Crippen LogP contribution in [0.3, 0.4) is 0 Å². The number of nitro groups is 1. The van der Waals surface area contributed by atoms with Gasteiger partial charge < -0.3 is 9.84 Å². The molecule has 0 aromatic heterocycles. The number of hydrogen-bond donors (Lipinski definition) is 1.